The number of hydrogen-bond donors (Lipinski definition) is 1. The standard InChI is InChI=1S/C16H13BrClNOS/c17-11-3-1-2-10(8-11)16(20)19-14-6-7-21-15-5-4-12(18)9-13(14)15/h1-5,8-9,14H,6-7H2,(H,19,20). The first kappa shape index (κ1) is 14.9. The zero-order chi connectivity index (χ0) is 14.8. The van der Waals surface area contributed by atoms with Crippen LogP contribution in [-0.4, -0.2) is 11.7 Å². The van der Waals surface area contributed by atoms with Crippen molar-refractivity contribution in [2.45, 2.75) is 17.4 Å². The summed E-state index contributed by atoms with van der Waals surface area (Å²) in [5.74, 6) is 0.942. The molecular weight excluding hydrogens is 370 g/mol. The SMILES string of the molecule is O=C(NC1CCSc2ccc(Cl)cc21)c1cccc(Br)c1. The fraction of sp³-hybridized carbons (Fsp3) is 0.188. The molecule has 1 atom stereocenters. The lowest BCUT2D eigenvalue weighted by Gasteiger charge is -2.26. The topological polar surface area (TPSA) is 29.1 Å². The van der Waals surface area contributed by atoms with Crippen LogP contribution >= 0.6 is 39.3 Å². The molecule has 1 N–H and O–H groups in total. The monoisotopic (exact) mass is 381 g/mol. The van der Waals surface area contributed by atoms with Crippen molar-refractivity contribution in [1.29, 1.82) is 0 Å². The Morgan fingerprint density at radius 3 is 2.95 bits per heavy atom. The Balaban J connectivity index is 1.83. The van der Waals surface area contributed by atoms with E-state index in [1.54, 1.807) is 0 Å². The Bertz CT molecular complexity index is 692. The number of fused-ring (bicyclic) bond motifs is 1. The van der Waals surface area contributed by atoms with Crippen molar-refractivity contribution < 1.29 is 4.79 Å². The normalized spacial score (nSPS) is 17.1. The number of thioether (sulfide) groups is 1. The first-order chi connectivity index (χ1) is 10.1. The summed E-state index contributed by atoms with van der Waals surface area (Å²) in [5, 5.41) is 3.82. The Hall–Kier alpha value is -0.970. The molecule has 1 heterocycles. The molecule has 2 aromatic carbocycles. The number of amides is 1. The Morgan fingerprint density at radius 2 is 2.14 bits per heavy atom. The molecule has 1 aliphatic heterocycles. The summed E-state index contributed by atoms with van der Waals surface area (Å²) in [6.45, 7) is 0. The maximum absolute atomic E-state index is 12.4. The number of carbonyl (C=O) groups is 1. The second-order valence-electron chi connectivity index (χ2n) is 4.86. The van der Waals surface area contributed by atoms with Crippen molar-refractivity contribution in [2.75, 3.05) is 5.75 Å². The van der Waals surface area contributed by atoms with Crippen molar-refractivity contribution >= 4 is 45.2 Å². The van der Waals surface area contributed by atoms with E-state index in [0.29, 0.717) is 10.6 Å². The van der Waals surface area contributed by atoms with Gasteiger partial charge in [0.1, 0.15) is 0 Å². The van der Waals surface area contributed by atoms with Crippen LogP contribution in [0.25, 0.3) is 0 Å². The first-order valence-corrected chi connectivity index (χ1v) is 8.78. The van der Waals surface area contributed by atoms with Crippen LogP contribution in [0.4, 0.5) is 0 Å². The van der Waals surface area contributed by atoms with Crippen LogP contribution in [0.1, 0.15) is 28.4 Å². The van der Waals surface area contributed by atoms with Crippen molar-refractivity contribution in [3.05, 3.63) is 63.1 Å². The molecule has 108 valence electrons. The van der Waals surface area contributed by atoms with Gasteiger partial charge in [-0.05, 0) is 48.4 Å². The highest BCUT2D eigenvalue weighted by Crippen LogP contribution is 2.37. The van der Waals surface area contributed by atoms with Gasteiger partial charge in [-0.3, -0.25) is 4.79 Å². The molecule has 0 bridgehead atoms. The van der Waals surface area contributed by atoms with E-state index in [9.17, 15) is 4.79 Å². The largest absolute Gasteiger partial charge is 0.345 e. The van der Waals surface area contributed by atoms with Crippen LogP contribution in [0.15, 0.2) is 51.8 Å². The molecule has 3 rings (SSSR count). The number of carbonyl (C=O) groups excluding carboxylic acids is 1. The minimum atomic E-state index is -0.0564. The van der Waals surface area contributed by atoms with Gasteiger partial charge < -0.3 is 5.32 Å². The molecule has 2 aromatic rings. The van der Waals surface area contributed by atoms with Crippen LogP contribution in [0.5, 0.6) is 0 Å². The van der Waals surface area contributed by atoms with Gasteiger partial charge >= 0.3 is 0 Å². The molecule has 0 aliphatic carbocycles. The van der Waals surface area contributed by atoms with Crippen LogP contribution < -0.4 is 5.32 Å². The minimum Gasteiger partial charge on any atom is -0.345 e. The lowest BCUT2D eigenvalue weighted by molar-refractivity contribution is 0.0935. The van der Waals surface area contributed by atoms with Crippen molar-refractivity contribution in [3.8, 4) is 0 Å². The van der Waals surface area contributed by atoms with Crippen LogP contribution in [0, 0.1) is 0 Å². The van der Waals surface area contributed by atoms with E-state index >= 15 is 0 Å². The highest BCUT2D eigenvalue weighted by molar-refractivity contribution is 9.10. The molecule has 5 heteroatoms. The van der Waals surface area contributed by atoms with Gasteiger partial charge in [-0.15, -0.1) is 11.8 Å². The number of halogens is 2. The molecular formula is C16H13BrClNOS. The molecule has 1 aliphatic rings. The fourth-order valence-corrected chi connectivity index (χ4v) is 4.07. The highest BCUT2D eigenvalue weighted by atomic mass is 79.9. The second-order valence-corrected chi connectivity index (χ2v) is 7.34. The predicted octanol–water partition coefficient (Wildman–Crippen LogP) is 5.07. The molecule has 0 saturated heterocycles. The minimum absolute atomic E-state index is 0.0198. The van der Waals surface area contributed by atoms with Gasteiger partial charge in [-0.1, -0.05) is 33.6 Å². The van der Waals surface area contributed by atoms with E-state index in [1.807, 2.05) is 54.2 Å². The summed E-state index contributed by atoms with van der Waals surface area (Å²) < 4.78 is 0.901. The molecule has 0 radical (unpaired) electrons. The quantitative estimate of drug-likeness (QED) is 0.785. The summed E-state index contributed by atoms with van der Waals surface area (Å²) in [4.78, 5) is 13.6. The lowest BCUT2D eigenvalue weighted by atomic mass is 10.0. The van der Waals surface area contributed by atoms with Gasteiger partial charge in [0.05, 0.1) is 6.04 Å². The number of nitrogens with one attached hydrogen (secondary N) is 1. The molecule has 0 fully saturated rings. The summed E-state index contributed by atoms with van der Waals surface area (Å²) >= 11 is 11.3. The Morgan fingerprint density at radius 1 is 1.29 bits per heavy atom. The van der Waals surface area contributed by atoms with Crippen LogP contribution in [0.2, 0.25) is 5.02 Å². The maximum atomic E-state index is 12.4. The van der Waals surface area contributed by atoms with E-state index in [1.165, 1.54) is 4.90 Å². The van der Waals surface area contributed by atoms with Gasteiger partial charge in [-0.25, -0.2) is 0 Å². The second kappa shape index (κ2) is 6.42. The number of benzene rings is 2. The molecule has 1 unspecified atom stereocenters. The average Bonchev–Trinajstić information content (AvgIpc) is 2.48. The zero-order valence-corrected chi connectivity index (χ0v) is 14.3. The van der Waals surface area contributed by atoms with Gasteiger partial charge in [0.15, 0.2) is 0 Å². The zero-order valence-electron chi connectivity index (χ0n) is 11.1. The molecule has 21 heavy (non-hydrogen) atoms. The molecule has 1 amide bonds. The Kier molecular flexibility index (Phi) is 4.57. The summed E-state index contributed by atoms with van der Waals surface area (Å²) in [6.07, 6.45) is 0.914. The molecule has 0 spiro atoms. The van der Waals surface area contributed by atoms with E-state index in [0.717, 1.165) is 22.2 Å². The van der Waals surface area contributed by atoms with E-state index in [2.05, 4.69) is 21.2 Å². The van der Waals surface area contributed by atoms with Crippen LogP contribution in [0.3, 0.4) is 0 Å². The van der Waals surface area contributed by atoms with E-state index in [4.69, 9.17) is 11.6 Å². The van der Waals surface area contributed by atoms with Crippen molar-refractivity contribution in [1.82, 2.24) is 5.32 Å². The predicted molar refractivity (Wildman–Crippen MR) is 91.1 cm³/mol. The molecule has 2 nitrogen and oxygen atoms in total. The average molecular weight is 383 g/mol. The van der Waals surface area contributed by atoms with Gasteiger partial charge in [0.25, 0.3) is 5.91 Å². The van der Waals surface area contributed by atoms with Crippen molar-refractivity contribution in [3.63, 3.8) is 0 Å². The van der Waals surface area contributed by atoms with Gasteiger partial charge in [0.2, 0.25) is 0 Å². The number of hydrogen-bond acceptors (Lipinski definition) is 2. The highest BCUT2D eigenvalue weighted by Gasteiger charge is 2.23. The molecule has 0 aromatic heterocycles. The summed E-state index contributed by atoms with van der Waals surface area (Å²) in [7, 11) is 0. The summed E-state index contributed by atoms with van der Waals surface area (Å²) in [5.41, 5.74) is 1.77. The van der Waals surface area contributed by atoms with Crippen molar-refractivity contribution in [2.24, 2.45) is 0 Å². The third-order valence-corrected chi connectivity index (χ3v) is 5.25. The summed E-state index contributed by atoms with van der Waals surface area (Å²) in [6, 6.07) is 13.3. The van der Waals surface area contributed by atoms with E-state index < -0.39 is 0 Å². The third kappa shape index (κ3) is 3.44. The third-order valence-electron chi connectivity index (χ3n) is 3.40. The lowest BCUT2D eigenvalue weighted by Crippen LogP contribution is -2.30. The smallest absolute Gasteiger partial charge is 0.251 e. The first-order valence-electron chi connectivity index (χ1n) is 6.62. The van der Waals surface area contributed by atoms with Crippen LogP contribution in [-0.2, 0) is 0 Å². The van der Waals surface area contributed by atoms with Gasteiger partial charge in [0, 0.05) is 25.7 Å². The van der Waals surface area contributed by atoms with E-state index in [-0.39, 0.29) is 11.9 Å². The fourth-order valence-electron chi connectivity index (χ4n) is 2.39. The number of rotatable bonds is 2. The molecule has 0 saturated carbocycles. The van der Waals surface area contributed by atoms with Gasteiger partial charge in [-0.2, -0.15) is 0 Å². The Labute approximate surface area is 141 Å². The maximum Gasteiger partial charge on any atom is 0.251 e.